The van der Waals surface area contributed by atoms with Crippen LogP contribution >= 0.6 is 0 Å². The Morgan fingerprint density at radius 2 is 2.11 bits per heavy atom. The van der Waals surface area contributed by atoms with Gasteiger partial charge < -0.3 is 15.3 Å². The number of amides is 1. The summed E-state index contributed by atoms with van der Waals surface area (Å²) in [5.74, 6) is -1.29. The van der Waals surface area contributed by atoms with Gasteiger partial charge in [-0.2, -0.15) is 0 Å². The Labute approximate surface area is 105 Å². The van der Waals surface area contributed by atoms with E-state index in [-0.39, 0.29) is 17.4 Å². The Kier molecular flexibility index (Phi) is 3.81. The number of phenolic OH excluding ortho intramolecular Hbond substituents is 1. The normalized spacial score (nSPS) is 17.7. The van der Waals surface area contributed by atoms with E-state index in [4.69, 9.17) is 5.11 Å². The van der Waals surface area contributed by atoms with E-state index >= 15 is 0 Å². The molecule has 4 nitrogen and oxygen atoms in total. The number of aromatic hydroxyl groups is 1. The van der Waals surface area contributed by atoms with Gasteiger partial charge in [-0.15, -0.1) is 0 Å². The maximum atomic E-state index is 13.5. The standard InChI is InChI=1S/C13H17FN2O2/c1-16-6-4-9(5-7-16)15-13(18)11-3-2-10(17)8-12(11)14/h2-3,8-9,17H,4-7H2,1H3,(H,15,18). The van der Waals surface area contributed by atoms with E-state index in [0.717, 1.165) is 32.0 Å². The fourth-order valence-electron chi connectivity index (χ4n) is 2.10. The zero-order valence-corrected chi connectivity index (χ0v) is 10.3. The van der Waals surface area contributed by atoms with Crippen molar-refractivity contribution < 1.29 is 14.3 Å². The molecule has 1 aromatic carbocycles. The van der Waals surface area contributed by atoms with Gasteiger partial charge in [0.1, 0.15) is 11.6 Å². The number of hydrogen-bond acceptors (Lipinski definition) is 3. The third-order valence-electron chi connectivity index (χ3n) is 3.25. The molecule has 1 fully saturated rings. The molecule has 1 aliphatic rings. The predicted molar refractivity (Wildman–Crippen MR) is 66.1 cm³/mol. The molecule has 0 radical (unpaired) electrons. The van der Waals surface area contributed by atoms with Gasteiger partial charge in [0.2, 0.25) is 0 Å². The molecule has 0 spiro atoms. The molecule has 2 rings (SSSR count). The lowest BCUT2D eigenvalue weighted by molar-refractivity contribution is 0.0913. The molecule has 1 aliphatic heterocycles. The van der Waals surface area contributed by atoms with Gasteiger partial charge in [-0.1, -0.05) is 0 Å². The number of nitrogens with zero attached hydrogens (tertiary/aromatic N) is 1. The van der Waals surface area contributed by atoms with E-state index in [1.54, 1.807) is 0 Å². The molecule has 98 valence electrons. The number of piperidine rings is 1. The van der Waals surface area contributed by atoms with Crippen molar-refractivity contribution in [2.24, 2.45) is 0 Å². The molecule has 1 aromatic rings. The smallest absolute Gasteiger partial charge is 0.254 e. The summed E-state index contributed by atoms with van der Waals surface area (Å²) in [6.07, 6.45) is 1.75. The van der Waals surface area contributed by atoms with Gasteiger partial charge in [0.05, 0.1) is 5.56 Å². The van der Waals surface area contributed by atoms with Crippen LogP contribution in [0.2, 0.25) is 0 Å². The summed E-state index contributed by atoms with van der Waals surface area (Å²) in [5, 5.41) is 11.9. The van der Waals surface area contributed by atoms with Gasteiger partial charge in [0.15, 0.2) is 0 Å². The minimum Gasteiger partial charge on any atom is -0.508 e. The highest BCUT2D eigenvalue weighted by Gasteiger charge is 2.20. The van der Waals surface area contributed by atoms with Crippen molar-refractivity contribution in [3.63, 3.8) is 0 Å². The largest absolute Gasteiger partial charge is 0.508 e. The predicted octanol–water partition coefficient (Wildman–Crippen LogP) is 1.36. The summed E-state index contributed by atoms with van der Waals surface area (Å²) in [7, 11) is 2.04. The summed E-state index contributed by atoms with van der Waals surface area (Å²) in [5.41, 5.74) is -0.0215. The molecule has 2 N–H and O–H groups in total. The van der Waals surface area contributed by atoms with Crippen molar-refractivity contribution in [2.75, 3.05) is 20.1 Å². The molecule has 1 heterocycles. The molecule has 0 saturated carbocycles. The molecule has 0 aromatic heterocycles. The van der Waals surface area contributed by atoms with E-state index in [1.807, 2.05) is 7.05 Å². The van der Waals surface area contributed by atoms with Gasteiger partial charge >= 0.3 is 0 Å². The third-order valence-corrected chi connectivity index (χ3v) is 3.25. The number of rotatable bonds is 2. The maximum absolute atomic E-state index is 13.5. The first-order valence-corrected chi connectivity index (χ1v) is 6.04. The Bertz CT molecular complexity index is 443. The van der Waals surface area contributed by atoms with Crippen LogP contribution < -0.4 is 5.32 Å². The van der Waals surface area contributed by atoms with Crippen molar-refractivity contribution in [2.45, 2.75) is 18.9 Å². The van der Waals surface area contributed by atoms with Crippen LogP contribution in [0.3, 0.4) is 0 Å². The minimum absolute atomic E-state index is 0.0215. The van der Waals surface area contributed by atoms with Crippen molar-refractivity contribution in [3.05, 3.63) is 29.6 Å². The van der Waals surface area contributed by atoms with Crippen LogP contribution in [0.4, 0.5) is 4.39 Å². The van der Waals surface area contributed by atoms with Crippen LogP contribution in [0.25, 0.3) is 0 Å². The van der Waals surface area contributed by atoms with E-state index in [1.165, 1.54) is 12.1 Å². The molecule has 1 amide bonds. The molecule has 0 atom stereocenters. The minimum atomic E-state index is -0.694. The Hall–Kier alpha value is -1.62. The maximum Gasteiger partial charge on any atom is 0.254 e. The quantitative estimate of drug-likeness (QED) is 0.835. The van der Waals surface area contributed by atoms with Crippen molar-refractivity contribution >= 4 is 5.91 Å². The highest BCUT2D eigenvalue weighted by Crippen LogP contribution is 2.16. The first kappa shape index (κ1) is 12.8. The molecule has 0 unspecified atom stereocenters. The molecule has 0 aliphatic carbocycles. The number of carbonyl (C=O) groups excluding carboxylic acids is 1. The van der Waals surface area contributed by atoms with E-state index < -0.39 is 11.7 Å². The summed E-state index contributed by atoms with van der Waals surface area (Å²) in [4.78, 5) is 14.1. The fraction of sp³-hybridized carbons (Fsp3) is 0.462. The zero-order valence-electron chi connectivity index (χ0n) is 10.3. The molecule has 1 saturated heterocycles. The lowest BCUT2D eigenvalue weighted by atomic mass is 10.0. The Morgan fingerprint density at radius 3 is 2.72 bits per heavy atom. The lowest BCUT2D eigenvalue weighted by Crippen LogP contribution is -2.43. The first-order valence-electron chi connectivity index (χ1n) is 6.04. The molecular weight excluding hydrogens is 235 g/mol. The van der Waals surface area contributed by atoms with Crippen molar-refractivity contribution in [3.8, 4) is 5.75 Å². The number of hydrogen-bond donors (Lipinski definition) is 2. The van der Waals surface area contributed by atoms with Gasteiger partial charge in [0, 0.05) is 12.1 Å². The van der Waals surface area contributed by atoms with E-state index in [0.29, 0.717) is 0 Å². The number of phenols is 1. The van der Waals surface area contributed by atoms with E-state index in [2.05, 4.69) is 10.2 Å². The van der Waals surface area contributed by atoms with Crippen molar-refractivity contribution in [1.29, 1.82) is 0 Å². The van der Waals surface area contributed by atoms with Gasteiger partial charge in [-0.3, -0.25) is 4.79 Å². The van der Waals surface area contributed by atoms with Crippen LogP contribution in [0.1, 0.15) is 23.2 Å². The molecule has 5 heteroatoms. The highest BCUT2D eigenvalue weighted by molar-refractivity contribution is 5.94. The van der Waals surface area contributed by atoms with Crippen LogP contribution in [-0.4, -0.2) is 42.1 Å². The number of carbonyl (C=O) groups is 1. The number of benzene rings is 1. The Balaban J connectivity index is 1.99. The van der Waals surface area contributed by atoms with Crippen LogP contribution in [0.5, 0.6) is 5.75 Å². The number of halogens is 1. The second-order valence-electron chi connectivity index (χ2n) is 4.72. The molecular formula is C13H17FN2O2. The average Bonchev–Trinajstić information content (AvgIpc) is 2.32. The summed E-state index contributed by atoms with van der Waals surface area (Å²) < 4.78 is 13.5. The number of nitrogens with one attached hydrogen (secondary N) is 1. The number of likely N-dealkylation sites (tertiary alicyclic amines) is 1. The topological polar surface area (TPSA) is 52.6 Å². The van der Waals surface area contributed by atoms with Gasteiger partial charge in [0.25, 0.3) is 5.91 Å². The second-order valence-corrected chi connectivity index (χ2v) is 4.72. The van der Waals surface area contributed by atoms with Crippen LogP contribution in [-0.2, 0) is 0 Å². The Morgan fingerprint density at radius 1 is 1.44 bits per heavy atom. The molecule has 18 heavy (non-hydrogen) atoms. The average molecular weight is 252 g/mol. The highest BCUT2D eigenvalue weighted by atomic mass is 19.1. The fourth-order valence-corrected chi connectivity index (χ4v) is 2.10. The van der Waals surface area contributed by atoms with Crippen LogP contribution in [0.15, 0.2) is 18.2 Å². The second kappa shape index (κ2) is 5.35. The zero-order chi connectivity index (χ0) is 13.1. The van der Waals surface area contributed by atoms with Crippen LogP contribution in [0, 0.1) is 5.82 Å². The summed E-state index contributed by atoms with van der Waals surface area (Å²) in [6.45, 7) is 1.87. The first-order chi connectivity index (χ1) is 8.56. The summed E-state index contributed by atoms with van der Waals surface area (Å²) >= 11 is 0. The summed E-state index contributed by atoms with van der Waals surface area (Å²) in [6, 6.07) is 3.66. The lowest BCUT2D eigenvalue weighted by Gasteiger charge is -2.29. The van der Waals surface area contributed by atoms with E-state index in [9.17, 15) is 9.18 Å². The van der Waals surface area contributed by atoms with Crippen molar-refractivity contribution in [1.82, 2.24) is 10.2 Å². The monoisotopic (exact) mass is 252 g/mol. The molecule has 0 bridgehead atoms. The van der Waals surface area contributed by atoms with Gasteiger partial charge in [-0.05, 0) is 45.1 Å². The van der Waals surface area contributed by atoms with Gasteiger partial charge in [-0.25, -0.2) is 4.39 Å². The third kappa shape index (κ3) is 2.98. The SMILES string of the molecule is CN1CCC(NC(=O)c2ccc(O)cc2F)CC1.